The van der Waals surface area contributed by atoms with Crippen LogP contribution in [0.1, 0.15) is 24.1 Å². The second-order valence-corrected chi connectivity index (χ2v) is 8.07. The van der Waals surface area contributed by atoms with Gasteiger partial charge in [-0.15, -0.1) is 0 Å². The normalized spacial score (nSPS) is 12.3. The second-order valence-electron chi connectivity index (χ2n) is 6.17. The van der Waals surface area contributed by atoms with E-state index in [1.165, 1.54) is 0 Å². The van der Waals surface area contributed by atoms with Crippen LogP contribution in [0.2, 0.25) is 0 Å². The largest absolute Gasteiger partial charge is 0.497 e. The van der Waals surface area contributed by atoms with Crippen LogP contribution >= 0.6 is 0 Å². The van der Waals surface area contributed by atoms with Crippen molar-refractivity contribution in [2.45, 2.75) is 19.9 Å². The molecule has 0 spiro atoms. The highest BCUT2D eigenvalue weighted by Gasteiger charge is 2.21. The SMILES string of the molecule is COc1ccc(C(C)NC(=O)CN(c2ccc(C)cc2)S(C)(=O)=O)cc1. The molecule has 1 unspecified atom stereocenters. The third-order valence-corrected chi connectivity index (χ3v) is 5.14. The number of amides is 1. The molecule has 0 heterocycles. The third kappa shape index (κ3) is 5.23. The molecule has 0 saturated carbocycles. The summed E-state index contributed by atoms with van der Waals surface area (Å²) in [6.07, 6.45) is 1.09. The molecule has 0 bridgehead atoms. The number of rotatable bonds is 7. The number of hydrogen-bond donors (Lipinski definition) is 1. The first-order valence-electron chi connectivity index (χ1n) is 8.18. The van der Waals surface area contributed by atoms with Crippen molar-refractivity contribution >= 4 is 21.6 Å². The Balaban J connectivity index is 2.10. The molecule has 0 aliphatic carbocycles. The Labute approximate surface area is 154 Å². The van der Waals surface area contributed by atoms with E-state index in [0.29, 0.717) is 5.69 Å². The number of sulfonamides is 1. The Morgan fingerprint density at radius 3 is 2.19 bits per heavy atom. The van der Waals surface area contributed by atoms with Crippen molar-refractivity contribution in [3.63, 3.8) is 0 Å². The number of carbonyl (C=O) groups is 1. The van der Waals surface area contributed by atoms with Crippen molar-refractivity contribution in [2.75, 3.05) is 24.2 Å². The molecule has 0 radical (unpaired) electrons. The highest BCUT2D eigenvalue weighted by Crippen LogP contribution is 2.19. The van der Waals surface area contributed by atoms with E-state index in [0.717, 1.165) is 27.4 Å². The van der Waals surface area contributed by atoms with Crippen molar-refractivity contribution in [3.05, 3.63) is 59.7 Å². The first kappa shape index (κ1) is 19.8. The van der Waals surface area contributed by atoms with Crippen LogP contribution in [0.5, 0.6) is 5.75 Å². The van der Waals surface area contributed by atoms with Gasteiger partial charge in [-0.05, 0) is 43.7 Å². The Morgan fingerprint density at radius 1 is 1.12 bits per heavy atom. The van der Waals surface area contributed by atoms with Gasteiger partial charge in [0.25, 0.3) is 0 Å². The van der Waals surface area contributed by atoms with Gasteiger partial charge < -0.3 is 10.1 Å². The van der Waals surface area contributed by atoms with Crippen LogP contribution in [0.4, 0.5) is 5.69 Å². The van der Waals surface area contributed by atoms with E-state index >= 15 is 0 Å². The number of carbonyl (C=O) groups excluding carboxylic acids is 1. The van der Waals surface area contributed by atoms with Gasteiger partial charge in [0.05, 0.1) is 25.1 Å². The van der Waals surface area contributed by atoms with Crippen molar-refractivity contribution in [2.24, 2.45) is 0 Å². The smallest absolute Gasteiger partial charge is 0.241 e. The summed E-state index contributed by atoms with van der Waals surface area (Å²) in [6.45, 7) is 3.48. The zero-order valence-corrected chi connectivity index (χ0v) is 16.2. The van der Waals surface area contributed by atoms with E-state index in [1.807, 2.05) is 50.2 Å². The van der Waals surface area contributed by atoms with E-state index in [2.05, 4.69) is 5.32 Å². The maximum Gasteiger partial charge on any atom is 0.241 e. The predicted octanol–water partition coefficient (Wildman–Crippen LogP) is 2.65. The molecule has 1 atom stereocenters. The predicted molar refractivity (Wildman–Crippen MR) is 103 cm³/mol. The molecule has 0 aliphatic rings. The molecule has 0 aromatic heterocycles. The monoisotopic (exact) mass is 376 g/mol. The molecular weight excluding hydrogens is 352 g/mol. The van der Waals surface area contributed by atoms with Gasteiger partial charge >= 0.3 is 0 Å². The summed E-state index contributed by atoms with van der Waals surface area (Å²) in [5.74, 6) is 0.356. The fourth-order valence-electron chi connectivity index (χ4n) is 2.50. The van der Waals surface area contributed by atoms with Gasteiger partial charge in [0.15, 0.2) is 0 Å². The number of anilines is 1. The minimum Gasteiger partial charge on any atom is -0.497 e. The van der Waals surface area contributed by atoms with Crippen molar-refractivity contribution in [1.29, 1.82) is 0 Å². The van der Waals surface area contributed by atoms with Crippen LogP contribution < -0.4 is 14.4 Å². The summed E-state index contributed by atoms with van der Waals surface area (Å²) < 4.78 is 30.4. The summed E-state index contributed by atoms with van der Waals surface area (Å²) in [6, 6.07) is 14.1. The van der Waals surface area contributed by atoms with Crippen LogP contribution in [0.15, 0.2) is 48.5 Å². The van der Waals surface area contributed by atoms with Crippen LogP contribution in [-0.4, -0.2) is 34.2 Å². The molecule has 2 rings (SSSR count). The van der Waals surface area contributed by atoms with Crippen molar-refractivity contribution in [1.82, 2.24) is 5.32 Å². The molecule has 140 valence electrons. The lowest BCUT2D eigenvalue weighted by Gasteiger charge is -2.23. The molecule has 6 nitrogen and oxygen atoms in total. The van der Waals surface area contributed by atoms with Gasteiger partial charge in [0.1, 0.15) is 12.3 Å². The number of nitrogens with one attached hydrogen (secondary N) is 1. The number of nitrogens with zero attached hydrogens (tertiary/aromatic N) is 1. The summed E-state index contributed by atoms with van der Waals surface area (Å²) in [5.41, 5.74) is 2.38. The Morgan fingerprint density at radius 2 is 1.69 bits per heavy atom. The molecule has 0 fully saturated rings. The fraction of sp³-hybridized carbons (Fsp3) is 0.316. The van der Waals surface area contributed by atoms with E-state index in [9.17, 15) is 13.2 Å². The summed E-state index contributed by atoms with van der Waals surface area (Å²) in [5, 5.41) is 2.83. The standard InChI is InChI=1S/C19H24N2O4S/c1-14-5-9-17(10-6-14)21(26(4,23)24)13-19(22)20-15(2)16-7-11-18(25-3)12-8-16/h5-12,15H,13H2,1-4H3,(H,20,22). The van der Waals surface area contributed by atoms with E-state index in [4.69, 9.17) is 4.74 Å². The summed E-state index contributed by atoms with van der Waals surface area (Å²) in [4.78, 5) is 12.4. The van der Waals surface area contributed by atoms with Gasteiger partial charge in [0.2, 0.25) is 15.9 Å². The summed E-state index contributed by atoms with van der Waals surface area (Å²) >= 11 is 0. The zero-order valence-electron chi connectivity index (χ0n) is 15.4. The van der Waals surface area contributed by atoms with Crippen LogP contribution in [0.25, 0.3) is 0 Å². The maximum atomic E-state index is 12.4. The molecule has 2 aromatic rings. The molecule has 7 heteroatoms. The first-order chi connectivity index (χ1) is 12.2. The van der Waals surface area contributed by atoms with E-state index in [-0.39, 0.29) is 18.5 Å². The van der Waals surface area contributed by atoms with Gasteiger partial charge in [0, 0.05) is 0 Å². The highest BCUT2D eigenvalue weighted by molar-refractivity contribution is 7.92. The number of methoxy groups -OCH3 is 1. The fourth-order valence-corrected chi connectivity index (χ4v) is 3.36. The Bertz CT molecular complexity index is 846. The lowest BCUT2D eigenvalue weighted by molar-refractivity contribution is -0.120. The zero-order chi connectivity index (χ0) is 19.3. The highest BCUT2D eigenvalue weighted by atomic mass is 32.2. The van der Waals surface area contributed by atoms with Gasteiger partial charge in [-0.3, -0.25) is 9.10 Å². The number of aryl methyl sites for hydroxylation is 1. The molecular formula is C19H24N2O4S. The van der Waals surface area contributed by atoms with Crippen molar-refractivity contribution in [3.8, 4) is 5.75 Å². The average Bonchev–Trinajstić information content (AvgIpc) is 2.59. The molecule has 2 aromatic carbocycles. The minimum absolute atomic E-state index is 0.257. The lowest BCUT2D eigenvalue weighted by Crippen LogP contribution is -2.41. The van der Waals surface area contributed by atoms with Crippen LogP contribution in [0, 0.1) is 6.92 Å². The Kier molecular flexibility index (Phi) is 6.26. The van der Waals surface area contributed by atoms with Crippen LogP contribution in [-0.2, 0) is 14.8 Å². The molecule has 0 aliphatic heterocycles. The molecule has 26 heavy (non-hydrogen) atoms. The third-order valence-electron chi connectivity index (χ3n) is 4.00. The van der Waals surface area contributed by atoms with E-state index < -0.39 is 10.0 Å². The lowest BCUT2D eigenvalue weighted by atomic mass is 10.1. The maximum absolute atomic E-state index is 12.4. The molecule has 1 N–H and O–H groups in total. The topological polar surface area (TPSA) is 75.7 Å². The average molecular weight is 376 g/mol. The van der Waals surface area contributed by atoms with Crippen LogP contribution in [0.3, 0.4) is 0 Å². The molecule has 1 amide bonds. The van der Waals surface area contributed by atoms with Crippen molar-refractivity contribution < 1.29 is 17.9 Å². The first-order valence-corrected chi connectivity index (χ1v) is 10.0. The quantitative estimate of drug-likeness (QED) is 0.806. The summed E-state index contributed by atoms with van der Waals surface area (Å²) in [7, 11) is -1.99. The Hall–Kier alpha value is -2.54. The molecule has 0 saturated heterocycles. The van der Waals surface area contributed by atoms with Gasteiger partial charge in [-0.25, -0.2) is 8.42 Å². The van der Waals surface area contributed by atoms with Gasteiger partial charge in [-0.1, -0.05) is 29.8 Å². The second kappa shape index (κ2) is 8.23. The number of benzene rings is 2. The van der Waals surface area contributed by atoms with E-state index in [1.54, 1.807) is 19.2 Å². The number of ether oxygens (including phenoxy) is 1. The number of hydrogen-bond acceptors (Lipinski definition) is 4. The minimum atomic E-state index is -3.58. The van der Waals surface area contributed by atoms with Gasteiger partial charge in [-0.2, -0.15) is 0 Å².